The largest absolute Gasteiger partial charge is 0.494 e. The number of nitrogens with zero attached hydrogens (tertiary/aromatic N) is 2. The summed E-state index contributed by atoms with van der Waals surface area (Å²) in [6.07, 6.45) is 2.68. The molecule has 0 spiro atoms. The second-order valence-corrected chi connectivity index (χ2v) is 7.80. The second kappa shape index (κ2) is 10.2. The number of benzene rings is 2. The molecule has 0 bridgehead atoms. The van der Waals surface area contributed by atoms with Gasteiger partial charge in [0.1, 0.15) is 10.8 Å². The molecule has 1 N–H and O–H groups in total. The average Bonchev–Trinajstić information content (AvgIpc) is 3.14. The molecular weight excluding hydrogens is 394 g/mol. The van der Waals surface area contributed by atoms with Crippen LogP contribution in [0.15, 0.2) is 48.5 Å². The van der Waals surface area contributed by atoms with E-state index in [0.717, 1.165) is 22.7 Å². The molecule has 0 saturated carbocycles. The van der Waals surface area contributed by atoms with Gasteiger partial charge in [-0.2, -0.15) is 0 Å². The predicted molar refractivity (Wildman–Crippen MR) is 113 cm³/mol. The van der Waals surface area contributed by atoms with Crippen LogP contribution in [0.5, 0.6) is 5.75 Å². The van der Waals surface area contributed by atoms with Crippen LogP contribution in [0.4, 0.5) is 5.13 Å². The molecule has 5 nitrogen and oxygen atoms in total. The molecule has 0 saturated heterocycles. The van der Waals surface area contributed by atoms with Gasteiger partial charge >= 0.3 is 0 Å². The van der Waals surface area contributed by atoms with E-state index in [0.29, 0.717) is 36.0 Å². The van der Waals surface area contributed by atoms with Gasteiger partial charge in [0, 0.05) is 17.9 Å². The zero-order valence-corrected chi connectivity index (χ0v) is 17.2. The first-order valence-electron chi connectivity index (χ1n) is 9.21. The Balaban J connectivity index is 1.38. The third-order valence-electron chi connectivity index (χ3n) is 4.13. The maximum atomic E-state index is 12.1. The molecule has 0 aliphatic rings. The van der Waals surface area contributed by atoms with Crippen molar-refractivity contribution in [3.05, 3.63) is 69.7 Å². The molecule has 0 unspecified atom stereocenters. The molecule has 28 heavy (non-hydrogen) atoms. The number of aromatic nitrogens is 2. The normalized spacial score (nSPS) is 10.6. The lowest BCUT2D eigenvalue weighted by atomic mass is 10.2. The SMILES string of the molecule is CCc1ccc(OCCCC(=O)Nc2nnc(Cc3ccc(Cl)cc3)s2)cc1. The van der Waals surface area contributed by atoms with Crippen molar-refractivity contribution in [1.82, 2.24) is 10.2 Å². The number of halogens is 1. The third kappa shape index (κ3) is 6.32. The van der Waals surface area contributed by atoms with Gasteiger partial charge in [0.25, 0.3) is 0 Å². The minimum absolute atomic E-state index is 0.0841. The molecular formula is C21H22ClN3O2S. The van der Waals surface area contributed by atoms with Crippen LogP contribution >= 0.6 is 22.9 Å². The molecule has 0 aliphatic carbocycles. The Bertz CT molecular complexity index is 895. The van der Waals surface area contributed by atoms with E-state index >= 15 is 0 Å². The Morgan fingerprint density at radius 1 is 1.07 bits per heavy atom. The maximum absolute atomic E-state index is 12.1. The van der Waals surface area contributed by atoms with Gasteiger partial charge < -0.3 is 10.1 Å². The van der Waals surface area contributed by atoms with E-state index in [1.54, 1.807) is 0 Å². The van der Waals surface area contributed by atoms with Crippen molar-refractivity contribution >= 4 is 34.0 Å². The highest BCUT2D eigenvalue weighted by Gasteiger charge is 2.09. The van der Waals surface area contributed by atoms with Gasteiger partial charge in [0.05, 0.1) is 6.61 Å². The Morgan fingerprint density at radius 3 is 2.50 bits per heavy atom. The van der Waals surface area contributed by atoms with Gasteiger partial charge in [0.2, 0.25) is 11.0 Å². The van der Waals surface area contributed by atoms with Gasteiger partial charge in [-0.1, -0.05) is 54.1 Å². The molecule has 0 fully saturated rings. The summed E-state index contributed by atoms with van der Waals surface area (Å²) in [6.45, 7) is 2.61. The summed E-state index contributed by atoms with van der Waals surface area (Å²) in [5, 5.41) is 13.0. The van der Waals surface area contributed by atoms with Crippen molar-refractivity contribution in [3.63, 3.8) is 0 Å². The number of amides is 1. The Hall–Kier alpha value is -2.44. The van der Waals surface area contributed by atoms with E-state index < -0.39 is 0 Å². The van der Waals surface area contributed by atoms with E-state index in [2.05, 4.69) is 34.6 Å². The number of carbonyl (C=O) groups excluding carboxylic acids is 1. The van der Waals surface area contributed by atoms with Crippen molar-refractivity contribution < 1.29 is 9.53 Å². The van der Waals surface area contributed by atoms with Gasteiger partial charge in [-0.15, -0.1) is 10.2 Å². The fraction of sp³-hybridized carbons (Fsp3) is 0.286. The smallest absolute Gasteiger partial charge is 0.226 e. The minimum atomic E-state index is -0.0841. The van der Waals surface area contributed by atoms with Crippen LogP contribution in [-0.4, -0.2) is 22.7 Å². The van der Waals surface area contributed by atoms with Crippen molar-refractivity contribution in [3.8, 4) is 5.75 Å². The summed E-state index contributed by atoms with van der Waals surface area (Å²) in [7, 11) is 0. The van der Waals surface area contributed by atoms with E-state index in [4.69, 9.17) is 16.3 Å². The summed E-state index contributed by atoms with van der Waals surface area (Å²) in [5.41, 5.74) is 2.38. The zero-order valence-electron chi connectivity index (χ0n) is 15.7. The Kier molecular flexibility index (Phi) is 7.39. The van der Waals surface area contributed by atoms with Gasteiger partial charge in [-0.05, 0) is 48.2 Å². The summed E-state index contributed by atoms with van der Waals surface area (Å²) in [6, 6.07) is 15.6. The van der Waals surface area contributed by atoms with E-state index in [-0.39, 0.29) is 5.91 Å². The number of rotatable bonds is 9. The molecule has 7 heteroatoms. The van der Waals surface area contributed by atoms with Crippen LogP contribution < -0.4 is 10.1 Å². The van der Waals surface area contributed by atoms with Gasteiger partial charge in [0.15, 0.2) is 0 Å². The van der Waals surface area contributed by atoms with E-state index in [1.807, 2.05) is 36.4 Å². The number of nitrogens with one attached hydrogen (secondary N) is 1. The molecule has 0 aliphatic heterocycles. The fourth-order valence-electron chi connectivity index (χ4n) is 2.58. The van der Waals surface area contributed by atoms with Crippen molar-refractivity contribution in [2.24, 2.45) is 0 Å². The number of aryl methyl sites for hydroxylation is 1. The molecule has 3 aromatic rings. The topological polar surface area (TPSA) is 64.1 Å². The summed E-state index contributed by atoms with van der Waals surface area (Å²) in [4.78, 5) is 12.1. The molecule has 2 aromatic carbocycles. The molecule has 146 valence electrons. The van der Waals surface area contributed by atoms with Crippen LogP contribution in [0.1, 0.15) is 35.9 Å². The predicted octanol–water partition coefficient (Wildman–Crippen LogP) is 5.14. The average molecular weight is 416 g/mol. The number of anilines is 1. The highest BCUT2D eigenvalue weighted by atomic mass is 35.5. The number of hydrogen-bond donors (Lipinski definition) is 1. The lowest BCUT2D eigenvalue weighted by Crippen LogP contribution is -2.12. The molecule has 0 radical (unpaired) electrons. The Labute approximate surface area is 173 Å². The highest BCUT2D eigenvalue weighted by molar-refractivity contribution is 7.15. The van der Waals surface area contributed by atoms with Crippen LogP contribution in [0.25, 0.3) is 0 Å². The number of ether oxygens (including phenoxy) is 1. The molecule has 1 heterocycles. The lowest BCUT2D eigenvalue weighted by molar-refractivity contribution is -0.116. The first-order chi connectivity index (χ1) is 13.6. The van der Waals surface area contributed by atoms with Crippen molar-refractivity contribution in [2.45, 2.75) is 32.6 Å². The summed E-state index contributed by atoms with van der Waals surface area (Å²) in [5.74, 6) is 0.743. The first kappa shape index (κ1) is 20.3. The van der Waals surface area contributed by atoms with Gasteiger partial charge in [-0.25, -0.2) is 0 Å². The first-order valence-corrected chi connectivity index (χ1v) is 10.4. The van der Waals surface area contributed by atoms with E-state index in [9.17, 15) is 4.79 Å². The zero-order chi connectivity index (χ0) is 19.8. The summed E-state index contributed by atoms with van der Waals surface area (Å²) < 4.78 is 5.67. The monoisotopic (exact) mass is 415 g/mol. The van der Waals surface area contributed by atoms with E-state index in [1.165, 1.54) is 16.9 Å². The van der Waals surface area contributed by atoms with Crippen molar-refractivity contribution in [2.75, 3.05) is 11.9 Å². The third-order valence-corrected chi connectivity index (χ3v) is 5.22. The lowest BCUT2D eigenvalue weighted by Gasteiger charge is -2.06. The molecule has 0 atom stereocenters. The van der Waals surface area contributed by atoms with Crippen LogP contribution in [0.3, 0.4) is 0 Å². The minimum Gasteiger partial charge on any atom is -0.494 e. The standard InChI is InChI=1S/C21H22ClN3O2S/c1-2-15-7-11-18(12-8-15)27-13-3-4-19(26)23-21-25-24-20(28-21)14-16-5-9-17(22)10-6-16/h5-12H,2-4,13-14H2,1H3,(H,23,25,26). The van der Waals surface area contributed by atoms with Gasteiger partial charge in [-0.3, -0.25) is 4.79 Å². The molecule has 1 amide bonds. The second-order valence-electron chi connectivity index (χ2n) is 6.30. The molecule has 1 aromatic heterocycles. The van der Waals surface area contributed by atoms with Crippen LogP contribution in [-0.2, 0) is 17.6 Å². The van der Waals surface area contributed by atoms with Crippen LogP contribution in [0, 0.1) is 0 Å². The van der Waals surface area contributed by atoms with Crippen LogP contribution in [0.2, 0.25) is 5.02 Å². The highest BCUT2D eigenvalue weighted by Crippen LogP contribution is 2.20. The quantitative estimate of drug-likeness (QED) is 0.491. The number of hydrogen-bond acceptors (Lipinski definition) is 5. The Morgan fingerprint density at radius 2 is 1.79 bits per heavy atom. The number of carbonyl (C=O) groups is 1. The fourth-order valence-corrected chi connectivity index (χ4v) is 3.49. The molecule has 3 rings (SSSR count). The van der Waals surface area contributed by atoms with Crippen molar-refractivity contribution in [1.29, 1.82) is 0 Å². The maximum Gasteiger partial charge on any atom is 0.226 e. The summed E-state index contributed by atoms with van der Waals surface area (Å²) >= 11 is 7.27.